The minimum Gasteiger partial charge on any atom is -0.462 e. The second kappa shape index (κ2) is 5.41. The molecular weight excluding hydrogens is 208 g/mol. The van der Waals surface area contributed by atoms with Crippen LogP contribution in [0.15, 0.2) is 6.20 Å². The maximum Gasteiger partial charge on any atom is 0.343 e. The first-order chi connectivity index (χ1) is 7.54. The van der Waals surface area contributed by atoms with Crippen LogP contribution in [0.5, 0.6) is 0 Å². The third-order valence-corrected chi connectivity index (χ3v) is 1.82. The zero-order valence-electron chi connectivity index (χ0n) is 9.73. The highest BCUT2D eigenvalue weighted by atomic mass is 16.5. The summed E-state index contributed by atoms with van der Waals surface area (Å²) in [5, 5.41) is 0. The molecule has 0 bridgehead atoms. The SMILES string of the molecule is CCOC(=O)c1cnc(CN(C)C)nc1N. The highest BCUT2D eigenvalue weighted by molar-refractivity contribution is 5.93. The number of nitrogens with zero attached hydrogens (tertiary/aromatic N) is 3. The maximum absolute atomic E-state index is 11.4. The predicted octanol–water partition coefficient (Wildman–Crippen LogP) is 0.297. The summed E-state index contributed by atoms with van der Waals surface area (Å²) in [5.41, 5.74) is 5.87. The van der Waals surface area contributed by atoms with E-state index in [1.165, 1.54) is 6.20 Å². The highest BCUT2D eigenvalue weighted by Gasteiger charge is 2.13. The van der Waals surface area contributed by atoms with Crippen LogP contribution in [-0.2, 0) is 11.3 Å². The average Bonchev–Trinajstić information content (AvgIpc) is 2.16. The topological polar surface area (TPSA) is 81.3 Å². The van der Waals surface area contributed by atoms with Crippen molar-refractivity contribution in [3.05, 3.63) is 17.6 Å². The fourth-order valence-corrected chi connectivity index (χ4v) is 1.16. The van der Waals surface area contributed by atoms with Crippen molar-refractivity contribution in [1.82, 2.24) is 14.9 Å². The van der Waals surface area contributed by atoms with Crippen LogP contribution in [0.25, 0.3) is 0 Å². The number of carbonyl (C=O) groups excluding carboxylic acids is 1. The van der Waals surface area contributed by atoms with Gasteiger partial charge in [-0.25, -0.2) is 14.8 Å². The molecule has 6 nitrogen and oxygen atoms in total. The first-order valence-corrected chi connectivity index (χ1v) is 4.97. The lowest BCUT2D eigenvalue weighted by atomic mass is 10.3. The molecule has 0 radical (unpaired) electrons. The van der Waals surface area contributed by atoms with Gasteiger partial charge in [-0.1, -0.05) is 0 Å². The largest absolute Gasteiger partial charge is 0.462 e. The van der Waals surface area contributed by atoms with Gasteiger partial charge in [-0.2, -0.15) is 0 Å². The van der Waals surface area contributed by atoms with Crippen molar-refractivity contribution in [2.45, 2.75) is 13.5 Å². The summed E-state index contributed by atoms with van der Waals surface area (Å²) < 4.78 is 4.82. The van der Waals surface area contributed by atoms with E-state index < -0.39 is 5.97 Å². The Morgan fingerprint density at radius 2 is 2.25 bits per heavy atom. The smallest absolute Gasteiger partial charge is 0.343 e. The van der Waals surface area contributed by atoms with Gasteiger partial charge >= 0.3 is 5.97 Å². The van der Waals surface area contributed by atoms with Gasteiger partial charge in [0.2, 0.25) is 0 Å². The second-order valence-electron chi connectivity index (χ2n) is 3.54. The molecule has 0 fully saturated rings. The molecular formula is C10H16N4O2. The molecule has 1 rings (SSSR count). The van der Waals surface area contributed by atoms with E-state index >= 15 is 0 Å². The van der Waals surface area contributed by atoms with Crippen molar-refractivity contribution >= 4 is 11.8 Å². The molecule has 0 atom stereocenters. The van der Waals surface area contributed by atoms with E-state index in [1.807, 2.05) is 19.0 Å². The zero-order chi connectivity index (χ0) is 12.1. The van der Waals surface area contributed by atoms with Gasteiger partial charge in [-0.15, -0.1) is 0 Å². The van der Waals surface area contributed by atoms with Crippen LogP contribution in [0, 0.1) is 0 Å². The van der Waals surface area contributed by atoms with Crippen molar-refractivity contribution in [3.63, 3.8) is 0 Å². The minimum absolute atomic E-state index is 0.158. The summed E-state index contributed by atoms with van der Waals surface area (Å²) in [6.07, 6.45) is 1.40. The Balaban J connectivity index is 2.87. The molecule has 0 saturated carbocycles. The molecule has 6 heteroatoms. The van der Waals surface area contributed by atoms with Crippen molar-refractivity contribution in [1.29, 1.82) is 0 Å². The molecule has 1 heterocycles. The van der Waals surface area contributed by atoms with Crippen molar-refractivity contribution in [2.75, 3.05) is 26.4 Å². The number of aromatic nitrogens is 2. The predicted molar refractivity (Wildman–Crippen MR) is 59.8 cm³/mol. The summed E-state index contributed by atoms with van der Waals surface area (Å²) in [7, 11) is 3.80. The third-order valence-electron chi connectivity index (χ3n) is 1.82. The molecule has 1 aromatic heterocycles. The van der Waals surface area contributed by atoms with Crippen LogP contribution in [-0.4, -0.2) is 41.5 Å². The lowest BCUT2D eigenvalue weighted by molar-refractivity contribution is 0.0526. The summed E-state index contributed by atoms with van der Waals surface area (Å²) in [5.74, 6) is 0.247. The van der Waals surface area contributed by atoms with Gasteiger partial charge in [0, 0.05) is 6.20 Å². The van der Waals surface area contributed by atoms with E-state index in [1.54, 1.807) is 6.92 Å². The van der Waals surface area contributed by atoms with Crippen LogP contribution in [0.2, 0.25) is 0 Å². The van der Waals surface area contributed by atoms with Gasteiger partial charge in [0.05, 0.1) is 13.2 Å². The molecule has 0 aliphatic carbocycles. The lowest BCUT2D eigenvalue weighted by Crippen LogP contribution is -2.16. The fraction of sp³-hybridized carbons (Fsp3) is 0.500. The lowest BCUT2D eigenvalue weighted by Gasteiger charge is -2.09. The van der Waals surface area contributed by atoms with Crippen molar-refractivity contribution in [3.8, 4) is 0 Å². The van der Waals surface area contributed by atoms with Gasteiger partial charge in [-0.05, 0) is 21.0 Å². The van der Waals surface area contributed by atoms with E-state index in [4.69, 9.17) is 10.5 Å². The molecule has 2 N–H and O–H groups in total. The quantitative estimate of drug-likeness (QED) is 0.741. The number of hydrogen-bond acceptors (Lipinski definition) is 6. The van der Waals surface area contributed by atoms with Gasteiger partial charge < -0.3 is 15.4 Å². The van der Waals surface area contributed by atoms with E-state index in [2.05, 4.69) is 9.97 Å². The Bertz CT molecular complexity index is 379. The fourth-order valence-electron chi connectivity index (χ4n) is 1.16. The number of carbonyl (C=O) groups is 1. The third kappa shape index (κ3) is 3.16. The minimum atomic E-state index is -0.489. The van der Waals surface area contributed by atoms with Gasteiger partial charge in [0.1, 0.15) is 17.2 Å². The van der Waals surface area contributed by atoms with Gasteiger partial charge in [0.25, 0.3) is 0 Å². The summed E-state index contributed by atoms with van der Waals surface area (Å²) >= 11 is 0. The van der Waals surface area contributed by atoms with E-state index in [9.17, 15) is 4.79 Å². The molecule has 0 spiro atoms. The molecule has 0 aliphatic rings. The maximum atomic E-state index is 11.4. The number of anilines is 1. The first-order valence-electron chi connectivity index (χ1n) is 4.97. The molecule has 1 aromatic rings. The molecule has 0 saturated heterocycles. The molecule has 88 valence electrons. The average molecular weight is 224 g/mol. The molecule has 0 unspecified atom stereocenters. The molecule has 0 aromatic carbocycles. The van der Waals surface area contributed by atoms with Gasteiger partial charge in [-0.3, -0.25) is 0 Å². The van der Waals surface area contributed by atoms with E-state index in [0.29, 0.717) is 19.0 Å². The number of nitrogen functional groups attached to an aromatic ring is 1. The Morgan fingerprint density at radius 3 is 2.75 bits per heavy atom. The van der Waals surface area contributed by atoms with E-state index in [-0.39, 0.29) is 11.4 Å². The van der Waals surface area contributed by atoms with E-state index in [0.717, 1.165) is 0 Å². The van der Waals surface area contributed by atoms with Crippen LogP contribution in [0.1, 0.15) is 23.1 Å². The van der Waals surface area contributed by atoms with Crippen LogP contribution >= 0.6 is 0 Å². The summed E-state index contributed by atoms with van der Waals surface area (Å²) in [4.78, 5) is 21.4. The van der Waals surface area contributed by atoms with Crippen molar-refractivity contribution in [2.24, 2.45) is 0 Å². The normalized spacial score (nSPS) is 10.5. The Hall–Kier alpha value is -1.69. The number of esters is 1. The molecule has 16 heavy (non-hydrogen) atoms. The summed E-state index contributed by atoms with van der Waals surface area (Å²) in [6.45, 7) is 2.61. The molecule has 0 amide bonds. The molecule has 0 aliphatic heterocycles. The van der Waals surface area contributed by atoms with Gasteiger partial charge in [0.15, 0.2) is 0 Å². The number of hydrogen-bond donors (Lipinski definition) is 1. The van der Waals surface area contributed by atoms with Crippen LogP contribution in [0.3, 0.4) is 0 Å². The van der Waals surface area contributed by atoms with Crippen LogP contribution in [0.4, 0.5) is 5.82 Å². The first kappa shape index (κ1) is 12.4. The number of rotatable bonds is 4. The Kier molecular flexibility index (Phi) is 4.19. The monoisotopic (exact) mass is 224 g/mol. The number of nitrogens with two attached hydrogens (primary N) is 1. The highest BCUT2D eigenvalue weighted by Crippen LogP contribution is 2.09. The standard InChI is InChI=1S/C10H16N4O2/c1-4-16-10(15)7-5-12-8(6-14(2)3)13-9(7)11/h5H,4,6H2,1-3H3,(H2,11,12,13). The Labute approximate surface area is 94.4 Å². The van der Waals surface area contributed by atoms with Crippen molar-refractivity contribution < 1.29 is 9.53 Å². The van der Waals surface area contributed by atoms with Crippen LogP contribution < -0.4 is 5.73 Å². The zero-order valence-corrected chi connectivity index (χ0v) is 9.73. The summed E-state index contributed by atoms with van der Waals surface area (Å²) in [6, 6.07) is 0. The number of ether oxygens (including phenoxy) is 1. The Morgan fingerprint density at radius 1 is 1.56 bits per heavy atom. The second-order valence-corrected chi connectivity index (χ2v) is 3.54.